The molecule has 2 N–H and O–H groups in total. The zero-order valence-electron chi connectivity index (χ0n) is 6.73. The van der Waals surface area contributed by atoms with Gasteiger partial charge in [-0.1, -0.05) is 11.6 Å². The fourth-order valence-electron chi connectivity index (χ4n) is 0.965. The van der Waals surface area contributed by atoms with E-state index in [2.05, 4.69) is 5.38 Å². The summed E-state index contributed by atoms with van der Waals surface area (Å²) in [5.74, 6) is 0. The zero-order valence-corrected chi connectivity index (χ0v) is 8.30. The van der Waals surface area contributed by atoms with Gasteiger partial charge in [-0.05, 0) is 37.3 Å². The minimum atomic E-state index is -0.135. The summed E-state index contributed by atoms with van der Waals surface area (Å²) in [7, 11) is 0. The average Bonchev–Trinajstić information content (AvgIpc) is 2.10. The Kier molecular flexibility index (Phi) is 2.58. The third kappa shape index (κ3) is 3.23. The first kappa shape index (κ1) is 9.04. The molecule has 0 bridgehead atoms. The third-order valence-corrected chi connectivity index (χ3v) is 2.42. The van der Waals surface area contributed by atoms with Gasteiger partial charge in [-0.3, -0.25) is 0 Å². The van der Waals surface area contributed by atoms with Crippen molar-refractivity contribution in [3.05, 3.63) is 21.3 Å². The molecule has 0 saturated carbocycles. The van der Waals surface area contributed by atoms with Crippen LogP contribution in [-0.4, -0.2) is 5.54 Å². The number of rotatable bonds is 2. The van der Waals surface area contributed by atoms with Gasteiger partial charge in [0.15, 0.2) is 0 Å². The van der Waals surface area contributed by atoms with Gasteiger partial charge in [0.2, 0.25) is 0 Å². The van der Waals surface area contributed by atoms with Crippen LogP contribution in [-0.2, 0) is 6.42 Å². The second kappa shape index (κ2) is 3.13. The van der Waals surface area contributed by atoms with E-state index in [1.54, 1.807) is 11.3 Å². The lowest BCUT2D eigenvalue weighted by atomic mass is 9.98. The molecule has 0 saturated heterocycles. The van der Waals surface area contributed by atoms with Gasteiger partial charge in [-0.15, -0.1) is 11.3 Å². The molecule has 3 heteroatoms. The van der Waals surface area contributed by atoms with Crippen molar-refractivity contribution in [2.24, 2.45) is 5.73 Å². The molecule has 1 heterocycles. The summed E-state index contributed by atoms with van der Waals surface area (Å²) in [6.45, 7) is 4.02. The van der Waals surface area contributed by atoms with E-state index in [4.69, 9.17) is 17.3 Å². The Morgan fingerprint density at radius 3 is 2.64 bits per heavy atom. The smallest absolute Gasteiger partial charge is 0.0931 e. The van der Waals surface area contributed by atoms with E-state index in [9.17, 15) is 0 Å². The van der Waals surface area contributed by atoms with Crippen LogP contribution in [0, 0.1) is 0 Å². The second-order valence-electron chi connectivity index (χ2n) is 3.42. The van der Waals surface area contributed by atoms with E-state index in [0.717, 1.165) is 10.8 Å². The van der Waals surface area contributed by atoms with Gasteiger partial charge in [0.1, 0.15) is 0 Å². The van der Waals surface area contributed by atoms with Crippen LogP contribution in [0.1, 0.15) is 19.4 Å². The molecule has 0 unspecified atom stereocenters. The van der Waals surface area contributed by atoms with Crippen LogP contribution in [0.4, 0.5) is 0 Å². The van der Waals surface area contributed by atoms with Gasteiger partial charge in [-0.2, -0.15) is 0 Å². The highest BCUT2D eigenvalue weighted by Crippen LogP contribution is 2.22. The van der Waals surface area contributed by atoms with Crippen molar-refractivity contribution in [2.45, 2.75) is 25.8 Å². The van der Waals surface area contributed by atoms with E-state index in [-0.39, 0.29) is 5.54 Å². The molecule has 1 nitrogen and oxygen atoms in total. The molecule has 0 aliphatic rings. The van der Waals surface area contributed by atoms with Crippen LogP contribution in [0.3, 0.4) is 0 Å². The highest BCUT2D eigenvalue weighted by Gasteiger charge is 2.12. The number of nitrogens with two attached hydrogens (primary N) is 1. The van der Waals surface area contributed by atoms with Crippen molar-refractivity contribution in [3.8, 4) is 0 Å². The van der Waals surface area contributed by atoms with Crippen molar-refractivity contribution in [3.63, 3.8) is 0 Å². The van der Waals surface area contributed by atoms with Crippen molar-refractivity contribution < 1.29 is 0 Å². The minimum absolute atomic E-state index is 0.135. The Morgan fingerprint density at radius 1 is 1.64 bits per heavy atom. The van der Waals surface area contributed by atoms with E-state index >= 15 is 0 Å². The molecule has 1 rings (SSSR count). The fraction of sp³-hybridized carbons (Fsp3) is 0.500. The molecule has 0 aliphatic heterocycles. The Balaban J connectivity index is 2.65. The van der Waals surface area contributed by atoms with Crippen LogP contribution in [0.15, 0.2) is 11.4 Å². The molecule has 0 atom stereocenters. The summed E-state index contributed by atoms with van der Waals surface area (Å²) in [6.07, 6.45) is 0.885. The Hall–Kier alpha value is -0.0500. The predicted molar refractivity (Wildman–Crippen MR) is 51.3 cm³/mol. The van der Waals surface area contributed by atoms with Gasteiger partial charge in [-0.25, -0.2) is 0 Å². The normalized spacial score (nSPS) is 12.0. The highest BCUT2D eigenvalue weighted by molar-refractivity contribution is 7.14. The fourth-order valence-corrected chi connectivity index (χ4v) is 1.87. The van der Waals surface area contributed by atoms with E-state index in [1.165, 1.54) is 5.56 Å². The van der Waals surface area contributed by atoms with Gasteiger partial charge in [0, 0.05) is 5.54 Å². The highest BCUT2D eigenvalue weighted by atomic mass is 35.5. The van der Waals surface area contributed by atoms with Gasteiger partial charge in [0.05, 0.1) is 4.34 Å². The molecule has 62 valence electrons. The molecule has 11 heavy (non-hydrogen) atoms. The number of thiophene rings is 1. The maximum atomic E-state index is 5.84. The summed E-state index contributed by atoms with van der Waals surface area (Å²) in [5, 5.41) is 2.05. The van der Waals surface area contributed by atoms with Crippen LogP contribution < -0.4 is 5.73 Å². The quantitative estimate of drug-likeness (QED) is 0.761. The molecule has 1 aromatic heterocycles. The number of hydrogen-bond donors (Lipinski definition) is 1. The van der Waals surface area contributed by atoms with Gasteiger partial charge < -0.3 is 5.73 Å². The molecule has 1 aromatic rings. The maximum Gasteiger partial charge on any atom is 0.0931 e. The zero-order chi connectivity index (χ0) is 8.48. The molecule has 0 aromatic carbocycles. The third-order valence-electron chi connectivity index (χ3n) is 1.28. The molecule has 0 spiro atoms. The Labute approximate surface area is 76.2 Å². The first-order chi connectivity index (χ1) is 4.97. The maximum absolute atomic E-state index is 5.84. The summed E-state index contributed by atoms with van der Waals surface area (Å²) < 4.78 is 0.837. The first-order valence-corrected chi connectivity index (χ1v) is 4.75. The number of halogens is 1. The molecule has 0 amide bonds. The van der Waals surface area contributed by atoms with Crippen molar-refractivity contribution >= 4 is 22.9 Å². The Morgan fingerprint density at radius 2 is 2.27 bits per heavy atom. The summed E-state index contributed by atoms with van der Waals surface area (Å²) >= 11 is 7.32. The lowest BCUT2D eigenvalue weighted by Crippen LogP contribution is -2.34. The van der Waals surface area contributed by atoms with Gasteiger partial charge in [0.25, 0.3) is 0 Å². The van der Waals surface area contributed by atoms with Gasteiger partial charge >= 0.3 is 0 Å². The van der Waals surface area contributed by atoms with E-state index in [0.29, 0.717) is 0 Å². The SMILES string of the molecule is CC(C)(N)Cc1csc(Cl)c1. The summed E-state index contributed by atoms with van der Waals surface area (Å²) in [6, 6.07) is 1.97. The molecule has 0 radical (unpaired) electrons. The second-order valence-corrected chi connectivity index (χ2v) is 4.97. The monoisotopic (exact) mass is 189 g/mol. The van der Waals surface area contributed by atoms with Crippen LogP contribution >= 0.6 is 22.9 Å². The molecular formula is C8H12ClNS. The molecule has 0 aliphatic carbocycles. The predicted octanol–water partition coefficient (Wildman–Crippen LogP) is 2.68. The molecule has 0 fully saturated rings. The largest absolute Gasteiger partial charge is 0.325 e. The Bertz CT molecular complexity index is 236. The standard InChI is InChI=1S/C8H12ClNS/c1-8(2,10)4-6-3-7(9)11-5-6/h3,5H,4,10H2,1-2H3. The van der Waals surface area contributed by atoms with Crippen molar-refractivity contribution in [2.75, 3.05) is 0 Å². The van der Waals surface area contributed by atoms with Crippen LogP contribution in [0.5, 0.6) is 0 Å². The topological polar surface area (TPSA) is 26.0 Å². The lowest BCUT2D eigenvalue weighted by molar-refractivity contribution is 0.517. The van der Waals surface area contributed by atoms with Crippen LogP contribution in [0.25, 0.3) is 0 Å². The molecular weight excluding hydrogens is 178 g/mol. The minimum Gasteiger partial charge on any atom is -0.325 e. The van der Waals surface area contributed by atoms with Crippen molar-refractivity contribution in [1.82, 2.24) is 0 Å². The lowest BCUT2D eigenvalue weighted by Gasteiger charge is -2.16. The van der Waals surface area contributed by atoms with E-state index < -0.39 is 0 Å². The van der Waals surface area contributed by atoms with E-state index in [1.807, 2.05) is 19.9 Å². The summed E-state index contributed by atoms with van der Waals surface area (Å²) in [5.41, 5.74) is 6.93. The van der Waals surface area contributed by atoms with Crippen molar-refractivity contribution in [1.29, 1.82) is 0 Å². The summed E-state index contributed by atoms with van der Waals surface area (Å²) in [4.78, 5) is 0. The average molecular weight is 190 g/mol. The number of hydrogen-bond acceptors (Lipinski definition) is 2. The first-order valence-electron chi connectivity index (χ1n) is 3.49. The van der Waals surface area contributed by atoms with Crippen LogP contribution in [0.2, 0.25) is 4.34 Å².